The number of nitrogens with zero attached hydrogens (tertiary/aromatic N) is 3. The van der Waals surface area contributed by atoms with E-state index in [9.17, 15) is 9.59 Å². The van der Waals surface area contributed by atoms with Gasteiger partial charge in [0.15, 0.2) is 17.4 Å². The van der Waals surface area contributed by atoms with Crippen LogP contribution in [0.2, 0.25) is 0 Å². The highest BCUT2D eigenvalue weighted by molar-refractivity contribution is 6.18. The van der Waals surface area contributed by atoms with Gasteiger partial charge >= 0.3 is 0 Å². The van der Waals surface area contributed by atoms with Gasteiger partial charge in [0.05, 0.1) is 12.1 Å². The van der Waals surface area contributed by atoms with Crippen LogP contribution in [0, 0.1) is 5.92 Å². The number of amides is 1. The first-order valence-electron chi connectivity index (χ1n) is 11.1. The van der Waals surface area contributed by atoms with E-state index in [2.05, 4.69) is 16.8 Å². The summed E-state index contributed by atoms with van der Waals surface area (Å²) in [6, 6.07) is 7.73. The van der Waals surface area contributed by atoms with Crippen LogP contribution in [0.4, 0.5) is 11.5 Å². The predicted molar refractivity (Wildman–Crippen MR) is 120 cm³/mol. The fourth-order valence-electron chi connectivity index (χ4n) is 4.76. The predicted octanol–water partition coefficient (Wildman–Crippen LogP) is 4.47. The molecule has 0 unspecified atom stereocenters. The van der Waals surface area contributed by atoms with Crippen molar-refractivity contribution in [3.05, 3.63) is 52.7 Å². The molecule has 3 aliphatic rings. The molecule has 2 aromatic rings. The average molecular weight is 418 g/mol. The normalized spacial score (nSPS) is 20.1. The van der Waals surface area contributed by atoms with Gasteiger partial charge in [-0.3, -0.25) is 9.59 Å². The Bertz CT molecular complexity index is 1090. The van der Waals surface area contributed by atoms with Crippen LogP contribution in [0.1, 0.15) is 59.4 Å². The van der Waals surface area contributed by atoms with Crippen LogP contribution >= 0.6 is 0 Å². The smallest absolute Gasteiger partial charge is 0.255 e. The molecule has 1 amide bonds. The second kappa shape index (κ2) is 7.84. The van der Waals surface area contributed by atoms with Crippen molar-refractivity contribution in [1.29, 1.82) is 0 Å². The van der Waals surface area contributed by atoms with E-state index in [0.717, 1.165) is 48.3 Å². The standard InChI is InChI=1S/C25H27N3O3/c1-3-17-11-18-12-20(6-7-21(18)23(17)29)28-9-10-31-22-13-19(14-26-24(22)28)25(30)27-8-4-5-16(2)15-27/h6-7,11-14,16H,3-5,8-10,15H2,1-2H3/t16-/m1/s1. The summed E-state index contributed by atoms with van der Waals surface area (Å²) in [4.78, 5) is 34.0. The molecule has 2 aliphatic heterocycles. The second-order valence-corrected chi connectivity index (χ2v) is 8.67. The lowest BCUT2D eigenvalue weighted by Gasteiger charge is -2.32. The number of carbonyl (C=O) groups excluding carboxylic acids is 2. The number of hydrogen-bond donors (Lipinski definition) is 0. The molecule has 1 aliphatic carbocycles. The summed E-state index contributed by atoms with van der Waals surface area (Å²) >= 11 is 0. The van der Waals surface area contributed by atoms with Gasteiger partial charge in [0.1, 0.15) is 6.61 Å². The molecule has 3 heterocycles. The minimum atomic E-state index is 0.0239. The summed E-state index contributed by atoms with van der Waals surface area (Å²) in [5.74, 6) is 2.02. The Labute approximate surface area is 182 Å². The zero-order valence-electron chi connectivity index (χ0n) is 18.1. The first kappa shape index (κ1) is 19.8. The lowest BCUT2D eigenvalue weighted by Crippen LogP contribution is -2.39. The number of fused-ring (bicyclic) bond motifs is 2. The number of pyridine rings is 1. The SMILES string of the molecule is CCC1=Cc2cc(N3CCOc4cc(C(=O)N5CCC[C@@H](C)C5)cnc43)ccc2C1=O. The molecule has 1 aromatic heterocycles. The monoisotopic (exact) mass is 417 g/mol. The fourth-order valence-corrected chi connectivity index (χ4v) is 4.76. The third-order valence-electron chi connectivity index (χ3n) is 6.45. The van der Waals surface area contributed by atoms with Crippen molar-refractivity contribution in [3.8, 4) is 5.75 Å². The molecule has 31 heavy (non-hydrogen) atoms. The van der Waals surface area contributed by atoms with Gasteiger partial charge in [-0.05, 0) is 61.1 Å². The number of carbonyl (C=O) groups is 2. The molecule has 1 aromatic carbocycles. The number of piperidine rings is 1. The van der Waals surface area contributed by atoms with Crippen molar-refractivity contribution >= 4 is 29.3 Å². The van der Waals surface area contributed by atoms with Gasteiger partial charge in [0, 0.05) is 36.1 Å². The highest BCUT2D eigenvalue weighted by atomic mass is 16.5. The van der Waals surface area contributed by atoms with Crippen molar-refractivity contribution in [2.75, 3.05) is 31.1 Å². The molecule has 5 rings (SSSR count). The van der Waals surface area contributed by atoms with Gasteiger partial charge < -0.3 is 14.5 Å². The molecule has 1 fully saturated rings. The third-order valence-corrected chi connectivity index (χ3v) is 6.45. The van der Waals surface area contributed by atoms with Gasteiger partial charge in [-0.1, -0.05) is 13.8 Å². The van der Waals surface area contributed by atoms with Crippen LogP contribution in [0.15, 0.2) is 36.0 Å². The largest absolute Gasteiger partial charge is 0.488 e. The molecule has 0 saturated carbocycles. The van der Waals surface area contributed by atoms with Crippen LogP contribution in [-0.4, -0.2) is 47.8 Å². The van der Waals surface area contributed by atoms with E-state index in [0.29, 0.717) is 36.2 Å². The molecule has 0 bridgehead atoms. The number of Topliss-reactive ketones (excluding diaryl/α,β-unsaturated/α-hetero) is 1. The Morgan fingerprint density at radius 1 is 1.26 bits per heavy atom. The Kier molecular flexibility index (Phi) is 5.00. The van der Waals surface area contributed by atoms with Crippen LogP contribution in [-0.2, 0) is 0 Å². The Balaban J connectivity index is 1.43. The number of likely N-dealkylation sites (tertiary alicyclic amines) is 1. The summed E-state index contributed by atoms with van der Waals surface area (Å²) in [6.07, 6.45) is 6.60. The number of benzene rings is 1. The number of rotatable bonds is 3. The number of hydrogen-bond acceptors (Lipinski definition) is 5. The van der Waals surface area contributed by atoms with Crippen molar-refractivity contribution in [2.24, 2.45) is 5.92 Å². The van der Waals surface area contributed by atoms with Gasteiger partial charge in [0.2, 0.25) is 0 Å². The minimum absolute atomic E-state index is 0.0239. The van der Waals surface area contributed by atoms with Crippen molar-refractivity contribution in [2.45, 2.75) is 33.1 Å². The van der Waals surface area contributed by atoms with E-state index in [1.807, 2.05) is 42.2 Å². The van der Waals surface area contributed by atoms with Gasteiger partial charge in [-0.25, -0.2) is 4.98 Å². The maximum atomic E-state index is 13.0. The number of allylic oxidation sites excluding steroid dienone is 1. The minimum Gasteiger partial charge on any atom is -0.488 e. The summed E-state index contributed by atoms with van der Waals surface area (Å²) in [7, 11) is 0. The average Bonchev–Trinajstić information content (AvgIpc) is 3.12. The molecule has 0 radical (unpaired) electrons. The number of aromatic nitrogens is 1. The molecule has 0 spiro atoms. The molecule has 1 atom stereocenters. The lowest BCUT2D eigenvalue weighted by molar-refractivity contribution is 0.0682. The summed E-state index contributed by atoms with van der Waals surface area (Å²) < 4.78 is 5.88. The third kappa shape index (κ3) is 3.50. The van der Waals surface area contributed by atoms with Crippen LogP contribution in [0.25, 0.3) is 6.08 Å². The first-order chi connectivity index (χ1) is 15.0. The molecule has 6 heteroatoms. The first-order valence-corrected chi connectivity index (χ1v) is 11.1. The summed E-state index contributed by atoms with van der Waals surface area (Å²) in [5.41, 5.74) is 4.12. The second-order valence-electron chi connectivity index (χ2n) is 8.67. The summed E-state index contributed by atoms with van der Waals surface area (Å²) in [5, 5.41) is 0. The quantitative estimate of drug-likeness (QED) is 0.737. The Morgan fingerprint density at radius 3 is 2.94 bits per heavy atom. The highest BCUT2D eigenvalue weighted by Gasteiger charge is 2.28. The van der Waals surface area contributed by atoms with Crippen LogP contribution in [0.3, 0.4) is 0 Å². The molecular weight excluding hydrogens is 390 g/mol. The zero-order valence-corrected chi connectivity index (χ0v) is 18.1. The highest BCUT2D eigenvalue weighted by Crippen LogP contribution is 2.38. The fraction of sp³-hybridized carbons (Fsp3) is 0.400. The maximum absolute atomic E-state index is 13.0. The van der Waals surface area contributed by atoms with Crippen LogP contribution in [0.5, 0.6) is 5.75 Å². The molecular formula is C25H27N3O3. The van der Waals surface area contributed by atoms with Gasteiger partial charge in [-0.2, -0.15) is 0 Å². The molecule has 1 saturated heterocycles. The molecule has 0 N–H and O–H groups in total. The van der Waals surface area contributed by atoms with E-state index < -0.39 is 0 Å². The molecule has 160 valence electrons. The lowest BCUT2D eigenvalue weighted by atomic mass is 10.00. The zero-order chi connectivity index (χ0) is 21.5. The summed E-state index contributed by atoms with van der Waals surface area (Å²) in [6.45, 7) is 6.96. The van der Waals surface area contributed by atoms with Crippen molar-refractivity contribution in [3.63, 3.8) is 0 Å². The Hall–Kier alpha value is -3.15. The topological polar surface area (TPSA) is 62.7 Å². The Morgan fingerprint density at radius 2 is 2.13 bits per heavy atom. The van der Waals surface area contributed by atoms with E-state index in [-0.39, 0.29) is 11.7 Å². The van der Waals surface area contributed by atoms with E-state index in [1.165, 1.54) is 6.42 Å². The number of ether oxygens (including phenoxy) is 1. The van der Waals surface area contributed by atoms with Crippen molar-refractivity contribution in [1.82, 2.24) is 9.88 Å². The van der Waals surface area contributed by atoms with E-state index >= 15 is 0 Å². The van der Waals surface area contributed by atoms with Gasteiger partial charge in [0.25, 0.3) is 5.91 Å². The van der Waals surface area contributed by atoms with E-state index in [4.69, 9.17) is 4.74 Å². The number of ketones is 1. The van der Waals surface area contributed by atoms with Gasteiger partial charge in [-0.15, -0.1) is 0 Å². The molecule has 6 nitrogen and oxygen atoms in total. The maximum Gasteiger partial charge on any atom is 0.255 e. The number of anilines is 2. The van der Waals surface area contributed by atoms with Crippen molar-refractivity contribution < 1.29 is 14.3 Å². The van der Waals surface area contributed by atoms with Crippen LogP contribution < -0.4 is 9.64 Å². The van der Waals surface area contributed by atoms with E-state index in [1.54, 1.807) is 6.20 Å².